The molecule has 1 aromatic rings. The zero-order valence-electron chi connectivity index (χ0n) is 9.91. The lowest BCUT2D eigenvalue weighted by atomic mass is 10.3. The second-order valence-electron chi connectivity index (χ2n) is 3.75. The zero-order chi connectivity index (χ0) is 12.7. The number of halogens is 1. The second-order valence-corrected chi connectivity index (χ2v) is 5.55. The normalized spacial score (nSPS) is 11.0. The molecule has 0 saturated heterocycles. The van der Waals surface area contributed by atoms with Crippen LogP contribution in [0.15, 0.2) is 12.1 Å². The second kappa shape index (κ2) is 7.66. The van der Waals surface area contributed by atoms with Crippen molar-refractivity contribution in [2.24, 2.45) is 5.73 Å². The summed E-state index contributed by atoms with van der Waals surface area (Å²) in [7, 11) is 1.69. The quantitative estimate of drug-likeness (QED) is 0.565. The van der Waals surface area contributed by atoms with E-state index >= 15 is 0 Å². The first-order chi connectivity index (χ1) is 8.11. The SMILES string of the molecule is COCCN(CCC(=N)N)Cc1ccc(Cl)s1. The van der Waals surface area contributed by atoms with E-state index in [-0.39, 0.29) is 5.84 Å². The van der Waals surface area contributed by atoms with Gasteiger partial charge in [-0.2, -0.15) is 0 Å². The Labute approximate surface area is 111 Å². The van der Waals surface area contributed by atoms with Crippen molar-refractivity contribution in [3.63, 3.8) is 0 Å². The fraction of sp³-hybridized carbons (Fsp3) is 0.545. The van der Waals surface area contributed by atoms with Gasteiger partial charge in [-0.15, -0.1) is 11.3 Å². The summed E-state index contributed by atoms with van der Waals surface area (Å²) in [6.07, 6.45) is 0.586. The van der Waals surface area contributed by atoms with Crippen LogP contribution in [0.1, 0.15) is 11.3 Å². The minimum atomic E-state index is 0.219. The fourth-order valence-corrected chi connectivity index (χ4v) is 2.56. The summed E-state index contributed by atoms with van der Waals surface area (Å²) in [6.45, 7) is 3.11. The van der Waals surface area contributed by atoms with E-state index in [1.807, 2.05) is 12.1 Å². The molecule has 1 aromatic heterocycles. The molecule has 0 aliphatic rings. The predicted octanol–water partition coefficient (Wildman–Crippen LogP) is 2.18. The Balaban J connectivity index is 2.47. The van der Waals surface area contributed by atoms with E-state index in [0.29, 0.717) is 13.0 Å². The Morgan fingerprint density at radius 1 is 1.53 bits per heavy atom. The molecule has 0 radical (unpaired) electrons. The van der Waals surface area contributed by atoms with Gasteiger partial charge >= 0.3 is 0 Å². The summed E-state index contributed by atoms with van der Waals surface area (Å²) in [5.41, 5.74) is 5.37. The average Bonchev–Trinajstić information content (AvgIpc) is 2.68. The fourth-order valence-electron chi connectivity index (χ4n) is 1.43. The Hall–Kier alpha value is -0.620. The van der Waals surface area contributed by atoms with Crippen LogP contribution >= 0.6 is 22.9 Å². The van der Waals surface area contributed by atoms with Crippen LogP contribution < -0.4 is 5.73 Å². The van der Waals surface area contributed by atoms with Gasteiger partial charge in [-0.25, -0.2) is 0 Å². The molecule has 1 rings (SSSR count). The standard InChI is InChI=1S/C11H18ClN3OS/c1-16-7-6-15(5-4-11(13)14)8-9-2-3-10(12)17-9/h2-3H,4-8H2,1H3,(H3,13,14). The van der Waals surface area contributed by atoms with E-state index in [2.05, 4.69) is 4.90 Å². The maximum Gasteiger partial charge on any atom is 0.0931 e. The highest BCUT2D eigenvalue weighted by Gasteiger charge is 2.08. The van der Waals surface area contributed by atoms with Crippen LogP contribution in [-0.4, -0.2) is 37.5 Å². The van der Waals surface area contributed by atoms with Gasteiger partial charge in [0.15, 0.2) is 0 Å². The van der Waals surface area contributed by atoms with Crippen molar-refractivity contribution in [2.45, 2.75) is 13.0 Å². The largest absolute Gasteiger partial charge is 0.388 e. The number of methoxy groups -OCH3 is 1. The van der Waals surface area contributed by atoms with Gasteiger partial charge in [-0.05, 0) is 12.1 Å². The van der Waals surface area contributed by atoms with E-state index in [1.54, 1.807) is 18.4 Å². The molecule has 0 aliphatic carbocycles. The highest BCUT2D eigenvalue weighted by Crippen LogP contribution is 2.22. The molecule has 6 heteroatoms. The third kappa shape index (κ3) is 6.02. The van der Waals surface area contributed by atoms with Crippen molar-refractivity contribution in [2.75, 3.05) is 26.8 Å². The molecule has 96 valence electrons. The summed E-state index contributed by atoms with van der Waals surface area (Å²) >= 11 is 7.48. The van der Waals surface area contributed by atoms with Crippen LogP contribution in [0, 0.1) is 5.41 Å². The van der Waals surface area contributed by atoms with Gasteiger partial charge in [0.25, 0.3) is 0 Å². The average molecular weight is 276 g/mol. The number of amidine groups is 1. The molecule has 0 amide bonds. The lowest BCUT2D eigenvalue weighted by Gasteiger charge is -2.20. The van der Waals surface area contributed by atoms with Gasteiger partial charge in [0.2, 0.25) is 0 Å². The number of nitrogens with one attached hydrogen (secondary N) is 1. The molecule has 0 aliphatic heterocycles. The summed E-state index contributed by atoms with van der Waals surface area (Å²) < 4.78 is 5.88. The van der Waals surface area contributed by atoms with Crippen molar-refractivity contribution in [3.05, 3.63) is 21.3 Å². The monoisotopic (exact) mass is 275 g/mol. The molecule has 0 fully saturated rings. The molecule has 3 N–H and O–H groups in total. The highest BCUT2D eigenvalue weighted by molar-refractivity contribution is 7.16. The number of rotatable bonds is 8. The van der Waals surface area contributed by atoms with Crippen LogP contribution in [0.5, 0.6) is 0 Å². The van der Waals surface area contributed by atoms with Crippen LogP contribution in [0.2, 0.25) is 4.34 Å². The Morgan fingerprint density at radius 3 is 2.82 bits per heavy atom. The molecule has 1 heterocycles. The first-order valence-corrected chi connectivity index (χ1v) is 6.59. The topological polar surface area (TPSA) is 62.3 Å². The first-order valence-electron chi connectivity index (χ1n) is 5.40. The molecule has 0 spiro atoms. The van der Waals surface area contributed by atoms with Crippen LogP contribution in [0.3, 0.4) is 0 Å². The number of thiophene rings is 1. The molecule has 17 heavy (non-hydrogen) atoms. The summed E-state index contributed by atoms with van der Waals surface area (Å²) in [6, 6.07) is 3.93. The lowest BCUT2D eigenvalue weighted by Crippen LogP contribution is -2.30. The molecule has 0 unspecified atom stereocenters. The lowest BCUT2D eigenvalue weighted by molar-refractivity contribution is 0.146. The van der Waals surface area contributed by atoms with Gasteiger partial charge in [-0.3, -0.25) is 10.3 Å². The molecule has 0 saturated carbocycles. The summed E-state index contributed by atoms with van der Waals surface area (Å²) in [5, 5.41) is 7.25. The zero-order valence-corrected chi connectivity index (χ0v) is 11.5. The molecular formula is C11H18ClN3OS. The minimum absolute atomic E-state index is 0.219. The van der Waals surface area contributed by atoms with E-state index in [9.17, 15) is 0 Å². The number of ether oxygens (including phenoxy) is 1. The Kier molecular flexibility index (Phi) is 6.50. The van der Waals surface area contributed by atoms with Crippen molar-refractivity contribution >= 4 is 28.8 Å². The molecule has 0 bridgehead atoms. The van der Waals surface area contributed by atoms with Crippen LogP contribution in [-0.2, 0) is 11.3 Å². The first kappa shape index (κ1) is 14.4. The maximum absolute atomic E-state index is 7.25. The van der Waals surface area contributed by atoms with Gasteiger partial charge in [0.1, 0.15) is 0 Å². The number of nitrogens with two attached hydrogens (primary N) is 1. The van der Waals surface area contributed by atoms with Gasteiger partial charge in [0, 0.05) is 38.0 Å². The Morgan fingerprint density at radius 2 is 2.29 bits per heavy atom. The number of hydrogen-bond donors (Lipinski definition) is 2. The van der Waals surface area contributed by atoms with E-state index < -0.39 is 0 Å². The van der Waals surface area contributed by atoms with Crippen molar-refractivity contribution < 1.29 is 4.74 Å². The molecule has 0 aromatic carbocycles. The third-order valence-corrected chi connectivity index (χ3v) is 3.53. The smallest absolute Gasteiger partial charge is 0.0931 e. The number of nitrogens with zero attached hydrogens (tertiary/aromatic N) is 1. The maximum atomic E-state index is 7.25. The summed E-state index contributed by atoms with van der Waals surface area (Å²) in [4.78, 5) is 3.43. The van der Waals surface area contributed by atoms with E-state index in [1.165, 1.54) is 4.88 Å². The third-order valence-electron chi connectivity index (χ3n) is 2.32. The van der Waals surface area contributed by atoms with E-state index in [4.69, 9.17) is 27.5 Å². The van der Waals surface area contributed by atoms with Crippen molar-refractivity contribution in [1.82, 2.24) is 4.90 Å². The minimum Gasteiger partial charge on any atom is -0.388 e. The molecule has 0 atom stereocenters. The molecular weight excluding hydrogens is 258 g/mol. The number of hydrogen-bond acceptors (Lipinski definition) is 4. The van der Waals surface area contributed by atoms with Crippen molar-refractivity contribution in [3.8, 4) is 0 Å². The van der Waals surface area contributed by atoms with E-state index in [0.717, 1.165) is 24.0 Å². The highest BCUT2D eigenvalue weighted by atomic mass is 35.5. The van der Waals surface area contributed by atoms with Crippen LogP contribution in [0.4, 0.5) is 0 Å². The molecule has 4 nitrogen and oxygen atoms in total. The van der Waals surface area contributed by atoms with Gasteiger partial charge in [-0.1, -0.05) is 11.6 Å². The van der Waals surface area contributed by atoms with Gasteiger partial charge in [0.05, 0.1) is 16.8 Å². The van der Waals surface area contributed by atoms with Crippen molar-refractivity contribution in [1.29, 1.82) is 5.41 Å². The summed E-state index contributed by atoms with van der Waals surface area (Å²) in [5.74, 6) is 0.219. The van der Waals surface area contributed by atoms with Crippen LogP contribution in [0.25, 0.3) is 0 Å². The van der Waals surface area contributed by atoms with Gasteiger partial charge < -0.3 is 10.5 Å². The predicted molar refractivity (Wildman–Crippen MR) is 73.0 cm³/mol. The Bertz CT molecular complexity index is 356.